The van der Waals surface area contributed by atoms with Crippen molar-refractivity contribution in [2.45, 2.75) is 59.6 Å². The molecular weight excluding hydrogens is 790 g/mol. The smallest absolute Gasteiger partial charge is 0.410 e. The van der Waals surface area contributed by atoms with Crippen LogP contribution in [0, 0.1) is 24.5 Å². The Balaban J connectivity index is 1.04. The maximum absolute atomic E-state index is 15.6. The molecule has 59 heavy (non-hydrogen) atoms. The number of nitrogens with one attached hydrogen (secondary N) is 1. The molecule has 0 saturated carbocycles. The number of aryl methyl sites for hydroxylation is 1. The number of aromatic nitrogens is 4. The minimum absolute atomic E-state index is 0.0124. The number of likely N-dealkylation sites (tertiary alicyclic amines) is 1. The highest BCUT2D eigenvalue weighted by Gasteiger charge is 2.34. The van der Waals surface area contributed by atoms with E-state index in [9.17, 15) is 24.0 Å². The van der Waals surface area contributed by atoms with E-state index in [1.807, 2.05) is 20.8 Å². The second-order valence-electron chi connectivity index (χ2n) is 15.5. The van der Waals surface area contributed by atoms with Crippen molar-refractivity contribution in [2.24, 2.45) is 13.0 Å². The number of anilines is 1. The SMILES string of the molecule is CCOC(=O)Cn1cc(-c2ccc(-c3cnc(C(=O)Nc4ccc(C(=O)N5CCN(C(=O)C6CCN(C(=O)OC(C)(C)C)CC6)CC5)c(Cl)c4)n3C)c(F)c2F)c(C)n1. The summed E-state index contributed by atoms with van der Waals surface area (Å²) in [5, 5.41) is 7.01. The average molecular weight is 837 g/mol. The fourth-order valence-electron chi connectivity index (χ4n) is 7.18. The summed E-state index contributed by atoms with van der Waals surface area (Å²) in [6, 6.07) is 7.23. The third-order valence-corrected chi connectivity index (χ3v) is 10.5. The first kappa shape index (κ1) is 42.8. The molecule has 0 unspecified atom stereocenters. The monoisotopic (exact) mass is 836 g/mol. The van der Waals surface area contributed by atoms with Crippen molar-refractivity contribution >= 4 is 47.1 Å². The number of carbonyl (C=O) groups excluding carboxylic acids is 5. The van der Waals surface area contributed by atoms with Crippen molar-refractivity contribution in [1.29, 1.82) is 0 Å². The highest BCUT2D eigenvalue weighted by molar-refractivity contribution is 6.34. The predicted octanol–water partition coefficient (Wildman–Crippen LogP) is 5.94. The Hall–Kier alpha value is -5.84. The topological polar surface area (TPSA) is 161 Å². The van der Waals surface area contributed by atoms with Crippen LogP contribution in [0.4, 0.5) is 19.3 Å². The number of piperazine rings is 1. The summed E-state index contributed by atoms with van der Waals surface area (Å²) in [6.07, 6.45) is 3.40. The van der Waals surface area contributed by atoms with Gasteiger partial charge in [-0.05, 0) is 71.7 Å². The number of esters is 1. The summed E-state index contributed by atoms with van der Waals surface area (Å²) in [6.45, 7) is 11.0. The minimum atomic E-state index is -1.16. The molecule has 0 radical (unpaired) electrons. The minimum Gasteiger partial charge on any atom is -0.465 e. The van der Waals surface area contributed by atoms with E-state index in [0.29, 0.717) is 63.4 Å². The molecule has 2 aromatic carbocycles. The van der Waals surface area contributed by atoms with Crippen LogP contribution in [0.5, 0.6) is 0 Å². The molecule has 4 heterocycles. The number of carbonyl (C=O) groups is 5. The molecule has 4 amide bonds. The number of halogens is 3. The van der Waals surface area contributed by atoms with Crippen LogP contribution in [-0.2, 0) is 32.7 Å². The third-order valence-electron chi connectivity index (χ3n) is 10.2. The summed E-state index contributed by atoms with van der Waals surface area (Å²) in [5.74, 6) is -4.09. The van der Waals surface area contributed by atoms with Crippen LogP contribution >= 0.6 is 11.6 Å². The normalized spacial score (nSPS) is 15.0. The van der Waals surface area contributed by atoms with Gasteiger partial charge in [-0.1, -0.05) is 17.7 Å². The quantitative estimate of drug-likeness (QED) is 0.201. The highest BCUT2D eigenvalue weighted by Crippen LogP contribution is 2.33. The first-order valence-electron chi connectivity index (χ1n) is 19.3. The number of piperidine rings is 1. The molecule has 18 heteroatoms. The van der Waals surface area contributed by atoms with Crippen LogP contribution in [0.15, 0.2) is 42.7 Å². The number of imidazole rings is 1. The standard InChI is InChI=1S/C41H47ClF2N8O7/c1-7-58-33(53)23-52-22-30(24(2)47-52)27-10-11-29(35(44)34(27)43)32-21-45-36(48(32)6)37(54)46-26-8-9-28(31(42)20-26)39(56)50-18-16-49(17-19-50)38(55)25-12-14-51(15-13-25)40(57)59-41(3,4)5/h8-11,20-22,25H,7,12-19,23H2,1-6H3,(H,46,54). The lowest BCUT2D eigenvalue weighted by Crippen LogP contribution is -2.53. The molecule has 2 saturated heterocycles. The van der Waals surface area contributed by atoms with Gasteiger partial charge in [0.1, 0.15) is 12.1 Å². The van der Waals surface area contributed by atoms with E-state index < -0.39 is 29.1 Å². The van der Waals surface area contributed by atoms with Gasteiger partial charge in [-0.25, -0.2) is 18.6 Å². The molecule has 2 fully saturated rings. The second-order valence-corrected chi connectivity index (χ2v) is 15.9. The Morgan fingerprint density at radius 1 is 0.898 bits per heavy atom. The largest absolute Gasteiger partial charge is 0.465 e. The predicted molar refractivity (Wildman–Crippen MR) is 214 cm³/mol. The zero-order valence-electron chi connectivity index (χ0n) is 33.8. The third kappa shape index (κ3) is 9.56. The van der Waals surface area contributed by atoms with E-state index >= 15 is 8.78 Å². The van der Waals surface area contributed by atoms with Crippen molar-refractivity contribution in [3.05, 3.63) is 76.5 Å². The Labute approximate surface area is 345 Å². The molecule has 314 valence electrons. The summed E-state index contributed by atoms with van der Waals surface area (Å²) >= 11 is 6.55. The zero-order valence-corrected chi connectivity index (χ0v) is 34.6. The summed E-state index contributed by atoms with van der Waals surface area (Å²) < 4.78 is 44.2. The molecule has 6 rings (SSSR count). The average Bonchev–Trinajstić information content (AvgIpc) is 3.75. The Bertz CT molecular complexity index is 2270. The molecule has 2 aromatic heterocycles. The van der Waals surface area contributed by atoms with Crippen molar-refractivity contribution in [3.63, 3.8) is 0 Å². The summed E-state index contributed by atoms with van der Waals surface area (Å²) in [5.41, 5.74) is 0.538. The van der Waals surface area contributed by atoms with Gasteiger partial charge in [0.15, 0.2) is 17.5 Å². The lowest BCUT2D eigenvalue weighted by molar-refractivity contribution is -0.144. The van der Waals surface area contributed by atoms with Gasteiger partial charge >= 0.3 is 12.1 Å². The molecule has 1 N–H and O–H groups in total. The molecule has 0 spiro atoms. The first-order chi connectivity index (χ1) is 27.9. The summed E-state index contributed by atoms with van der Waals surface area (Å²) in [7, 11) is 1.49. The highest BCUT2D eigenvalue weighted by atomic mass is 35.5. The van der Waals surface area contributed by atoms with Crippen LogP contribution in [0.1, 0.15) is 67.2 Å². The van der Waals surface area contributed by atoms with Crippen LogP contribution < -0.4 is 5.32 Å². The second kappa shape index (κ2) is 17.6. The maximum Gasteiger partial charge on any atom is 0.410 e. The van der Waals surface area contributed by atoms with Crippen LogP contribution in [-0.4, -0.2) is 115 Å². The van der Waals surface area contributed by atoms with Crippen molar-refractivity contribution < 1.29 is 42.2 Å². The molecule has 0 aliphatic carbocycles. The molecule has 2 aliphatic rings. The molecule has 0 atom stereocenters. The van der Waals surface area contributed by atoms with Gasteiger partial charge in [-0.3, -0.25) is 23.9 Å². The van der Waals surface area contributed by atoms with Gasteiger partial charge in [0.05, 0.1) is 34.8 Å². The Morgan fingerprint density at radius 3 is 2.19 bits per heavy atom. The van der Waals surface area contributed by atoms with Gasteiger partial charge in [0.25, 0.3) is 11.8 Å². The van der Waals surface area contributed by atoms with Crippen molar-refractivity contribution in [2.75, 3.05) is 51.2 Å². The van der Waals surface area contributed by atoms with E-state index in [-0.39, 0.29) is 75.9 Å². The Kier molecular flexibility index (Phi) is 12.7. The molecular formula is C41H47ClF2N8O7. The number of nitrogens with zero attached hydrogens (tertiary/aromatic N) is 7. The van der Waals surface area contributed by atoms with Gasteiger partial charge in [0.2, 0.25) is 5.91 Å². The number of benzene rings is 2. The van der Waals surface area contributed by atoms with E-state index in [1.54, 1.807) is 28.5 Å². The van der Waals surface area contributed by atoms with Crippen LogP contribution in [0.2, 0.25) is 5.02 Å². The fraction of sp³-hybridized carbons (Fsp3) is 0.439. The number of rotatable bonds is 9. The number of ether oxygens (including phenoxy) is 2. The fourth-order valence-corrected chi connectivity index (χ4v) is 7.44. The molecule has 2 aliphatic heterocycles. The first-order valence-corrected chi connectivity index (χ1v) is 19.7. The number of hydrogen-bond donors (Lipinski definition) is 1. The van der Waals surface area contributed by atoms with E-state index in [1.165, 1.54) is 59.0 Å². The molecule has 4 aromatic rings. The van der Waals surface area contributed by atoms with Crippen LogP contribution in [0.3, 0.4) is 0 Å². The lowest BCUT2D eigenvalue weighted by atomic mass is 9.95. The zero-order chi connectivity index (χ0) is 42.8. The van der Waals surface area contributed by atoms with Crippen molar-refractivity contribution in [1.82, 2.24) is 34.0 Å². The molecule has 15 nitrogen and oxygen atoms in total. The molecule has 0 bridgehead atoms. The van der Waals surface area contributed by atoms with Gasteiger partial charge < -0.3 is 34.1 Å². The van der Waals surface area contributed by atoms with Gasteiger partial charge in [0, 0.05) is 80.8 Å². The van der Waals surface area contributed by atoms with Gasteiger partial charge in [-0.2, -0.15) is 5.10 Å². The summed E-state index contributed by atoms with van der Waals surface area (Å²) in [4.78, 5) is 73.6. The number of amides is 4. The Morgan fingerprint density at radius 2 is 1.54 bits per heavy atom. The van der Waals surface area contributed by atoms with Gasteiger partial charge in [-0.15, -0.1) is 0 Å². The van der Waals surface area contributed by atoms with E-state index in [2.05, 4.69) is 15.4 Å². The van der Waals surface area contributed by atoms with Crippen LogP contribution in [0.25, 0.3) is 22.4 Å². The maximum atomic E-state index is 15.6. The lowest BCUT2D eigenvalue weighted by Gasteiger charge is -2.38. The van der Waals surface area contributed by atoms with Crippen molar-refractivity contribution in [3.8, 4) is 22.4 Å². The van der Waals surface area contributed by atoms with E-state index in [4.69, 9.17) is 21.1 Å². The van der Waals surface area contributed by atoms with E-state index in [0.717, 1.165) is 0 Å². The number of hydrogen-bond acceptors (Lipinski definition) is 9.